The number of benzene rings is 1. The Morgan fingerprint density at radius 1 is 1.08 bits per heavy atom. The molecule has 0 spiro atoms. The van der Waals surface area contributed by atoms with Crippen LogP contribution < -0.4 is 16.4 Å². The summed E-state index contributed by atoms with van der Waals surface area (Å²) in [5.74, 6) is -2.76. The molecule has 4 N–H and O–H groups in total. The number of nitrogens with two attached hydrogens (primary N) is 1. The fourth-order valence-corrected chi connectivity index (χ4v) is 7.33. The first kappa shape index (κ1) is 28.8. The standard InChI is InChI=1S/C25H36F2N6O3S2/c26-19-6-4-7-20(27)21(19)22(34)23-24(28)31-25(37-23)30-18-8-14-33(15-9-18)38(35,36)17-5-10-29-11-16-32-12-2-1-3-13-32/h4,6-7,18,29H,1-3,5,8-17,28H2,(H,30,31). The number of carbonyl (C=O) groups is 1. The molecule has 9 nitrogen and oxygen atoms in total. The van der Waals surface area contributed by atoms with E-state index in [4.69, 9.17) is 5.73 Å². The second-order valence-corrected chi connectivity index (χ2v) is 12.9. The molecule has 0 radical (unpaired) electrons. The molecule has 2 saturated heterocycles. The van der Waals surface area contributed by atoms with Crippen LogP contribution in [0.2, 0.25) is 0 Å². The molecule has 3 heterocycles. The first-order valence-electron chi connectivity index (χ1n) is 13.2. The summed E-state index contributed by atoms with van der Waals surface area (Å²) in [7, 11) is -3.33. The molecule has 2 aliphatic rings. The van der Waals surface area contributed by atoms with E-state index in [0.717, 1.165) is 49.6 Å². The van der Waals surface area contributed by atoms with Crippen LogP contribution in [-0.4, -0.2) is 86.0 Å². The van der Waals surface area contributed by atoms with E-state index in [1.54, 1.807) is 0 Å². The normalized spacial score (nSPS) is 18.1. The van der Waals surface area contributed by atoms with Crippen molar-refractivity contribution in [2.75, 3.05) is 62.6 Å². The molecule has 0 unspecified atom stereocenters. The van der Waals surface area contributed by atoms with Gasteiger partial charge >= 0.3 is 0 Å². The number of thiazole rings is 1. The number of hydrogen-bond donors (Lipinski definition) is 3. The van der Waals surface area contributed by atoms with Crippen LogP contribution in [0.5, 0.6) is 0 Å². The largest absolute Gasteiger partial charge is 0.382 e. The third-order valence-electron chi connectivity index (χ3n) is 7.03. The van der Waals surface area contributed by atoms with Crippen LogP contribution in [0.1, 0.15) is 53.8 Å². The lowest BCUT2D eigenvalue weighted by atomic mass is 10.1. The summed E-state index contributed by atoms with van der Waals surface area (Å²) in [6.07, 6.45) is 5.55. The lowest BCUT2D eigenvalue weighted by Gasteiger charge is -2.31. The zero-order valence-corrected chi connectivity index (χ0v) is 23.1. The summed E-state index contributed by atoms with van der Waals surface area (Å²) in [6, 6.07) is 3.16. The minimum absolute atomic E-state index is 0.0407. The maximum atomic E-state index is 14.0. The molecule has 0 bridgehead atoms. The summed E-state index contributed by atoms with van der Waals surface area (Å²) in [5, 5.41) is 6.91. The number of nitrogen functional groups attached to an aromatic ring is 1. The number of likely N-dealkylation sites (tertiary alicyclic amines) is 1. The highest BCUT2D eigenvalue weighted by atomic mass is 32.2. The van der Waals surface area contributed by atoms with Gasteiger partial charge in [0.05, 0.1) is 11.3 Å². The second-order valence-electron chi connectivity index (χ2n) is 9.80. The molecule has 2 aliphatic heterocycles. The van der Waals surface area contributed by atoms with Crippen molar-refractivity contribution in [2.24, 2.45) is 0 Å². The number of carbonyl (C=O) groups excluding carboxylic acids is 1. The highest BCUT2D eigenvalue weighted by Crippen LogP contribution is 2.30. The van der Waals surface area contributed by atoms with Gasteiger partial charge in [-0.15, -0.1) is 0 Å². The number of hydrogen-bond acceptors (Lipinski definition) is 9. The van der Waals surface area contributed by atoms with Crippen LogP contribution in [-0.2, 0) is 10.0 Å². The fraction of sp³-hybridized carbons (Fsp3) is 0.600. The zero-order chi connectivity index (χ0) is 27.1. The molecule has 2 fully saturated rings. The van der Waals surface area contributed by atoms with Gasteiger partial charge in [0.25, 0.3) is 0 Å². The Kier molecular flexibility index (Phi) is 10.0. The summed E-state index contributed by atoms with van der Waals surface area (Å²) < 4.78 is 55.2. The summed E-state index contributed by atoms with van der Waals surface area (Å²) >= 11 is 0.934. The highest BCUT2D eigenvalue weighted by Gasteiger charge is 2.29. The first-order valence-corrected chi connectivity index (χ1v) is 15.6. The van der Waals surface area contributed by atoms with E-state index < -0.39 is 33.0 Å². The lowest BCUT2D eigenvalue weighted by Crippen LogP contribution is -2.43. The zero-order valence-electron chi connectivity index (χ0n) is 21.4. The third kappa shape index (κ3) is 7.47. The molecule has 1 aromatic heterocycles. The number of rotatable bonds is 12. The number of aromatic nitrogens is 1. The van der Waals surface area contributed by atoms with Crippen molar-refractivity contribution in [3.05, 3.63) is 40.3 Å². The number of halogens is 2. The van der Waals surface area contributed by atoms with Crippen LogP contribution in [0.15, 0.2) is 18.2 Å². The molecule has 13 heteroatoms. The average molecular weight is 571 g/mol. The molecule has 0 saturated carbocycles. The summed E-state index contributed by atoms with van der Waals surface area (Å²) in [5.41, 5.74) is 5.22. The average Bonchev–Trinajstić information content (AvgIpc) is 3.26. The molecule has 0 atom stereocenters. The van der Waals surface area contributed by atoms with Gasteiger partial charge in [0.15, 0.2) is 5.13 Å². The van der Waals surface area contributed by atoms with Crippen molar-refractivity contribution >= 4 is 38.1 Å². The van der Waals surface area contributed by atoms with Gasteiger partial charge in [-0.25, -0.2) is 26.5 Å². The van der Waals surface area contributed by atoms with Gasteiger partial charge in [-0.1, -0.05) is 23.8 Å². The number of piperidine rings is 2. The maximum Gasteiger partial charge on any atom is 0.214 e. The predicted molar refractivity (Wildman–Crippen MR) is 146 cm³/mol. The Balaban J connectivity index is 1.20. The van der Waals surface area contributed by atoms with Gasteiger partial charge in [0.1, 0.15) is 22.3 Å². The topological polar surface area (TPSA) is 121 Å². The Morgan fingerprint density at radius 2 is 1.76 bits per heavy atom. The Labute approximate surface area is 226 Å². The van der Waals surface area contributed by atoms with Crippen molar-refractivity contribution in [3.63, 3.8) is 0 Å². The van der Waals surface area contributed by atoms with E-state index in [-0.39, 0.29) is 22.5 Å². The van der Waals surface area contributed by atoms with E-state index in [1.807, 2.05) is 0 Å². The molecule has 2 aromatic rings. The van der Waals surface area contributed by atoms with Crippen molar-refractivity contribution in [1.29, 1.82) is 0 Å². The van der Waals surface area contributed by atoms with Gasteiger partial charge in [-0.2, -0.15) is 0 Å². The molecule has 1 aromatic carbocycles. The van der Waals surface area contributed by atoms with Gasteiger partial charge in [-0.3, -0.25) is 4.79 Å². The number of anilines is 2. The van der Waals surface area contributed by atoms with Crippen LogP contribution in [0.3, 0.4) is 0 Å². The number of ketones is 1. The van der Waals surface area contributed by atoms with Crippen molar-refractivity contribution in [3.8, 4) is 0 Å². The fourth-order valence-electron chi connectivity index (χ4n) is 4.89. The second kappa shape index (κ2) is 13.2. The maximum absolute atomic E-state index is 14.0. The van der Waals surface area contributed by atoms with E-state index in [1.165, 1.54) is 29.6 Å². The molecule has 210 valence electrons. The van der Waals surface area contributed by atoms with Crippen molar-refractivity contribution in [1.82, 2.24) is 19.5 Å². The van der Waals surface area contributed by atoms with Gasteiger partial charge in [0, 0.05) is 32.2 Å². The number of nitrogens with one attached hydrogen (secondary N) is 2. The monoisotopic (exact) mass is 570 g/mol. The van der Waals surface area contributed by atoms with E-state index >= 15 is 0 Å². The molecule has 4 rings (SSSR count). The molecular weight excluding hydrogens is 534 g/mol. The summed E-state index contributed by atoms with van der Waals surface area (Å²) in [6.45, 7) is 5.64. The Hall–Kier alpha value is -2.19. The van der Waals surface area contributed by atoms with Crippen LogP contribution >= 0.6 is 11.3 Å². The minimum atomic E-state index is -3.33. The molecule has 38 heavy (non-hydrogen) atoms. The minimum Gasteiger partial charge on any atom is -0.382 e. The Bertz CT molecular complexity index is 1180. The van der Waals surface area contributed by atoms with Crippen LogP contribution in [0.4, 0.5) is 19.7 Å². The van der Waals surface area contributed by atoms with Gasteiger partial charge in [0.2, 0.25) is 15.8 Å². The third-order valence-corrected chi connectivity index (χ3v) is 9.99. The Morgan fingerprint density at radius 3 is 2.45 bits per heavy atom. The van der Waals surface area contributed by atoms with Crippen molar-refractivity contribution < 1.29 is 22.0 Å². The van der Waals surface area contributed by atoms with E-state index in [2.05, 4.69) is 20.5 Å². The quantitative estimate of drug-likeness (QED) is 0.263. The smallest absolute Gasteiger partial charge is 0.214 e. The SMILES string of the molecule is Nc1nc(NC2CCN(S(=O)(=O)CCCNCCN3CCCCC3)CC2)sc1C(=O)c1c(F)cccc1F. The van der Waals surface area contributed by atoms with E-state index in [0.29, 0.717) is 44.0 Å². The number of nitrogens with zero attached hydrogens (tertiary/aromatic N) is 3. The van der Waals surface area contributed by atoms with Crippen LogP contribution in [0.25, 0.3) is 0 Å². The molecule has 0 amide bonds. The molecular formula is C25H36F2N6O3S2. The number of sulfonamides is 1. The predicted octanol–water partition coefficient (Wildman–Crippen LogP) is 2.91. The van der Waals surface area contributed by atoms with Crippen molar-refractivity contribution in [2.45, 2.75) is 44.6 Å². The van der Waals surface area contributed by atoms with E-state index in [9.17, 15) is 22.0 Å². The summed E-state index contributed by atoms with van der Waals surface area (Å²) in [4.78, 5) is 19.2. The van der Waals surface area contributed by atoms with Gasteiger partial charge in [-0.05, 0) is 63.9 Å². The first-order chi connectivity index (χ1) is 18.2. The van der Waals surface area contributed by atoms with Crippen LogP contribution in [0, 0.1) is 11.6 Å². The molecule has 0 aliphatic carbocycles. The lowest BCUT2D eigenvalue weighted by molar-refractivity contribution is 0.103. The highest BCUT2D eigenvalue weighted by molar-refractivity contribution is 7.89. The van der Waals surface area contributed by atoms with Gasteiger partial charge < -0.3 is 21.3 Å².